The average molecular weight is 579 g/mol. The maximum atomic E-state index is 12.8. The lowest BCUT2D eigenvalue weighted by Crippen LogP contribution is -2.29. The fourth-order valence-corrected chi connectivity index (χ4v) is 4.35. The summed E-state index contributed by atoms with van der Waals surface area (Å²) < 4.78 is 52.7. The topological polar surface area (TPSA) is 130 Å². The van der Waals surface area contributed by atoms with Crippen molar-refractivity contribution in [3.05, 3.63) is 48.1 Å². The zero-order valence-electron chi connectivity index (χ0n) is 21.3. The van der Waals surface area contributed by atoms with Crippen LogP contribution >= 0.6 is 11.6 Å². The molecule has 5 rings (SSSR count). The minimum absolute atomic E-state index is 0.0465. The summed E-state index contributed by atoms with van der Waals surface area (Å²) in [4.78, 5) is 8.68. The van der Waals surface area contributed by atoms with Crippen molar-refractivity contribution in [2.24, 2.45) is 0 Å². The van der Waals surface area contributed by atoms with Gasteiger partial charge in [0.15, 0.2) is 6.61 Å². The van der Waals surface area contributed by atoms with E-state index >= 15 is 0 Å². The van der Waals surface area contributed by atoms with Gasteiger partial charge in [-0.3, -0.25) is 4.68 Å². The Morgan fingerprint density at radius 1 is 1.18 bits per heavy atom. The molecule has 40 heavy (non-hydrogen) atoms. The Labute approximate surface area is 231 Å². The minimum atomic E-state index is -4.50. The summed E-state index contributed by atoms with van der Waals surface area (Å²) in [6, 6.07) is 5.34. The van der Waals surface area contributed by atoms with Gasteiger partial charge in [-0.15, -0.1) is 10.2 Å². The first-order chi connectivity index (χ1) is 19.2. The highest BCUT2D eigenvalue weighted by Crippen LogP contribution is 2.33. The molecule has 0 unspecified atom stereocenters. The quantitative estimate of drug-likeness (QED) is 0.284. The van der Waals surface area contributed by atoms with Gasteiger partial charge in [-0.2, -0.15) is 13.2 Å². The van der Waals surface area contributed by atoms with Crippen LogP contribution in [-0.4, -0.2) is 71.9 Å². The van der Waals surface area contributed by atoms with Crippen molar-refractivity contribution in [2.75, 3.05) is 25.0 Å². The Morgan fingerprint density at radius 2 is 1.95 bits per heavy atom. The normalized spacial score (nSPS) is 15.1. The van der Waals surface area contributed by atoms with E-state index in [1.165, 1.54) is 6.33 Å². The van der Waals surface area contributed by atoms with Gasteiger partial charge in [0.05, 0.1) is 23.8 Å². The number of halogens is 4. The van der Waals surface area contributed by atoms with Crippen LogP contribution in [0.25, 0.3) is 11.1 Å². The summed E-state index contributed by atoms with van der Waals surface area (Å²) in [5, 5.41) is 21.9. The maximum Gasteiger partial charge on any atom is 0.422 e. The van der Waals surface area contributed by atoms with E-state index in [0.717, 1.165) is 31.5 Å². The van der Waals surface area contributed by atoms with Gasteiger partial charge in [0, 0.05) is 18.0 Å². The SMILES string of the molecule is C[C@@H](Cn1cnnn1)Oc1cc(-c2cnc(Nc3cn(C4CCNCC4)nc3OCC(F)(F)F)nc2)ccc1Cl. The van der Waals surface area contributed by atoms with Gasteiger partial charge in [0.2, 0.25) is 5.95 Å². The van der Waals surface area contributed by atoms with Crippen LogP contribution in [0.4, 0.5) is 24.8 Å². The molecular formula is C24H26ClF3N10O2. The maximum absolute atomic E-state index is 12.8. The van der Waals surface area contributed by atoms with Crippen LogP contribution < -0.4 is 20.1 Å². The molecule has 0 aliphatic carbocycles. The molecule has 1 atom stereocenters. The molecule has 1 aliphatic rings. The monoisotopic (exact) mass is 578 g/mol. The number of nitrogens with one attached hydrogen (secondary N) is 2. The second kappa shape index (κ2) is 12.0. The summed E-state index contributed by atoms with van der Waals surface area (Å²) in [6.07, 6.45) is 3.12. The number of tetrazole rings is 1. The predicted octanol–water partition coefficient (Wildman–Crippen LogP) is 4.06. The predicted molar refractivity (Wildman–Crippen MR) is 139 cm³/mol. The third-order valence-corrected chi connectivity index (χ3v) is 6.39. The molecule has 4 heterocycles. The Balaban J connectivity index is 1.30. The average Bonchev–Trinajstić information content (AvgIpc) is 3.59. The highest BCUT2D eigenvalue weighted by Gasteiger charge is 2.30. The number of rotatable bonds is 10. The van der Waals surface area contributed by atoms with Gasteiger partial charge < -0.3 is 20.1 Å². The molecule has 0 amide bonds. The molecule has 16 heteroatoms. The fraction of sp³-hybridized carbons (Fsp3) is 0.417. The first kappa shape index (κ1) is 27.6. The van der Waals surface area contributed by atoms with Gasteiger partial charge in [-0.05, 0) is 61.0 Å². The summed E-state index contributed by atoms with van der Waals surface area (Å²) in [5.74, 6) is 0.475. The van der Waals surface area contributed by atoms with Crippen LogP contribution in [-0.2, 0) is 6.54 Å². The molecule has 0 spiro atoms. The summed E-state index contributed by atoms with van der Waals surface area (Å²) >= 11 is 6.34. The second-order valence-corrected chi connectivity index (χ2v) is 9.65. The third-order valence-electron chi connectivity index (χ3n) is 6.08. The molecule has 1 fully saturated rings. The number of nitrogens with zero attached hydrogens (tertiary/aromatic N) is 8. The zero-order chi connectivity index (χ0) is 28.1. The van der Waals surface area contributed by atoms with Gasteiger partial charge in [-0.1, -0.05) is 17.7 Å². The van der Waals surface area contributed by atoms with E-state index in [0.29, 0.717) is 22.9 Å². The molecule has 3 aromatic heterocycles. The van der Waals surface area contributed by atoms with Gasteiger partial charge in [0.1, 0.15) is 23.9 Å². The van der Waals surface area contributed by atoms with E-state index in [9.17, 15) is 13.2 Å². The molecule has 2 N–H and O–H groups in total. The molecule has 0 saturated carbocycles. The van der Waals surface area contributed by atoms with E-state index in [-0.39, 0.29) is 29.7 Å². The number of piperidine rings is 1. The Morgan fingerprint density at radius 3 is 2.65 bits per heavy atom. The lowest BCUT2D eigenvalue weighted by Gasteiger charge is -2.22. The largest absolute Gasteiger partial charge is 0.487 e. The van der Waals surface area contributed by atoms with Crippen molar-refractivity contribution in [3.8, 4) is 22.8 Å². The summed E-state index contributed by atoms with van der Waals surface area (Å²) in [6.45, 7) is 2.44. The van der Waals surface area contributed by atoms with Crippen molar-refractivity contribution in [2.45, 2.75) is 44.6 Å². The molecule has 0 radical (unpaired) electrons. The molecule has 1 aromatic carbocycles. The van der Waals surface area contributed by atoms with E-state index in [1.54, 1.807) is 46.2 Å². The van der Waals surface area contributed by atoms with Crippen molar-refractivity contribution in [3.63, 3.8) is 0 Å². The standard InChI is InChI=1S/C24H26ClF3N10O2/c1-15(11-37-14-32-35-36-37)40-21-8-16(2-3-19(21)25)17-9-30-23(31-10-17)33-20-12-38(18-4-6-29-7-5-18)34-22(20)39-13-24(26,27)28/h2-3,8-10,12,14-15,18,29H,4-7,11,13H2,1H3,(H,30,31,33)/t15-/m0/s1. The second-order valence-electron chi connectivity index (χ2n) is 9.24. The van der Waals surface area contributed by atoms with Gasteiger partial charge >= 0.3 is 6.18 Å². The lowest BCUT2D eigenvalue weighted by molar-refractivity contribution is -0.154. The molecule has 4 aromatic rings. The third kappa shape index (κ3) is 7.15. The van der Waals surface area contributed by atoms with Crippen LogP contribution in [0.2, 0.25) is 5.02 Å². The number of alkyl halides is 3. The van der Waals surface area contributed by atoms with Crippen LogP contribution in [0.15, 0.2) is 43.1 Å². The smallest absolute Gasteiger partial charge is 0.422 e. The number of ether oxygens (including phenoxy) is 2. The summed E-state index contributed by atoms with van der Waals surface area (Å²) in [7, 11) is 0. The highest BCUT2D eigenvalue weighted by atomic mass is 35.5. The Bertz CT molecular complexity index is 1390. The number of anilines is 2. The van der Waals surface area contributed by atoms with Crippen molar-refractivity contribution in [1.29, 1.82) is 0 Å². The highest BCUT2D eigenvalue weighted by molar-refractivity contribution is 6.32. The minimum Gasteiger partial charge on any atom is -0.487 e. The van der Waals surface area contributed by atoms with Crippen molar-refractivity contribution in [1.82, 2.24) is 45.3 Å². The Hall–Kier alpha value is -3.98. The first-order valence-electron chi connectivity index (χ1n) is 12.5. The first-order valence-corrected chi connectivity index (χ1v) is 12.9. The van der Waals surface area contributed by atoms with Crippen molar-refractivity contribution >= 4 is 23.2 Å². The van der Waals surface area contributed by atoms with Gasteiger partial charge in [0.25, 0.3) is 5.88 Å². The molecule has 212 valence electrons. The molecule has 1 aliphatic heterocycles. The lowest BCUT2D eigenvalue weighted by atomic mass is 10.1. The Kier molecular flexibility index (Phi) is 8.30. The number of hydrogen-bond donors (Lipinski definition) is 2. The summed E-state index contributed by atoms with van der Waals surface area (Å²) in [5.41, 5.74) is 1.68. The van der Waals surface area contributed by atoms with Crippen LogP contribution in [0.3, 0.4) is 0 Å². The molecule has 1 saturated heterocycles. The number of aromatic nitrogens is 8. The number of benzene rings is 1. The van der Waals surface area contributed by atoms with Crippen molar-refractivity contribution < 1.29 is 22.6 Å². The fourth-order valence-electron chi connectivity index (χ4n) is 4.19. The van der Waals surface area contributed by atoms with E-state index in [4.69, 9.17) is 21.1 Å². The van der Waals surface area contributed by atoms with E-state index < -0.39 is 12.8 Å². The molecule has 0 bridgehead atoms. The molecule has 12 nitrogen and oxygen atoms in total. The zero-order valence-corrected chi connectivity index (χ0v) is 22.1. The molecular weight excluding hydrogens is 553 g/mol. The van der Waals surface area contributed by atoms with Crippen LogP contribution in [0, 0.1) is 0 Å². The van der Waals surface area contributed by atoms with Crippen LogP contribution in [0.1, 0.15) is 25.8 Å². The number of hydrogen-bond acceptors (Lipinski definition) is 10. The van der Waals surface area contributed by atoms with E-state index in [2.05, 4.69) is 41.2 Å². The van der Waals surface area contributed by atoms with Crippen LogP contribution in [0.5, 0.6) is 11.6 Å². The van der Waals surface area contributed by atoms with Gasteiger partial charge in [-0.25, -0.2) is 14.6 Å². The van der Waals surface area contributed by atoms with E-state index in [1.807, 2.05) is 6.92 Å².